The van der Waals surface area contributed by atoms with Crippen molar-refractivity contribution >= 4 is 42.7 Å². The molecule has 2 aromatic carbocycles. The van der Waals surface area contributed by atoms with Gasteiger partial charge in [0.2, 0.25) is 10.0 Å². The predicted octanol–water partition coefficient (Wildman–Crippen LogP) is 3.23. The van der Waals surface area contributed by atoms with Gasteiger partial charge in [-0.25, -0.2) is 8.42 Å². The van der Waals surface area contributed by atoms with Gasteiger partial charge in [0.05, 0.1) is 9.64 Å². The van der Waals surface area contributed by atoms with E-state index < -0.39 is 37.6 Å². The maximum Gasteiger partial charge on any atom is 0.323 e. The number of rotatable bonds is 5. The average Bonchev–Trinajstić information content (AvgIpc) is 2.65. The van der Waals surface area contributed by atoms with Crippen LogP contribution in [0.25, 0.3) is 0 Å². The second-order valence-corrected chi connectivity index (χ2v) is 12.0. The minimum Gasteiger partial charge on any atom is -0.480 e. The molecule has 3 rings (SSSR count). The topological polar surface area (TPSA) is 101 Å². The number of sulfonamides is 1. The maximum atomic E-state index is 13.1. The first-order valence-corrected chi connectivity index (χ1v) is 12.3. The van der Waals surface area contributed by atoms with E-state index in [1.165, 1.54) is 38.1 Å². The lowest BCUT2D eigenvalue weighted by atomic mass is 10.0. The summed E-state index contributed by atoms with van der Waals surface area (Å²) in [4.78, 5) is 11.8. The molecule has 1 N–H and O–H groups in total. The average molecular weight is 502 g/mol. The molecule has 156 valence electrons. The second kappa shape index (κ2) is 8.17. The van der Waals surface area contributed by atoms with Crippen LogP contribution in [0.3, 0.4) is 0 Å². The first kappa shape index (κ1) is 21.9. The van der Waals surface area contributed by atoms with Crippen molar-refractivity contribution in [1.29, 1.82) is 0 Å². The van der Waals surface area contributed by atoms with Crippen LogP contribution >= 0.6 is 15.9 Å². The lowest BCUT2D eigenvalue weighted by Gasteiger charge is -2.42. The van der Waals surface area contributed by atoms with Gasteiger partial charge in [-0.05, 0) is 62.4 Å². The first-order valence-electron chi connectivity index (χ1n) is 8.70. The highest BCUT2D eigenvalue weighted by Gasteiger charge is 2.51. The number of aliphatic carboxylic acids is 1. The molecule has 0 aromatic heterocycles. The van der Waals surface area contributed by atoms with E-state index in [-0.39, 0.29) is 17.2 Å². The number of carboxylic acids is 1. The zero-order valence-corrected chi connectivity index (χ0v) is 19.0. The smallest absolute Gasteiger partial charge is 0.323 e. The Morgan fingerprint density at radius 1 is 1.14 bits per heavy atom. The third kappa shape index (κ3) is 4.40. The van der Waals surface area contributed by atoms with Crippen molar-refractivity contribution in [3.63, 3.8) is 0 Å². The van der Waals surface area contributed by atoms with E-state index in [9.17, 15) is 22.5 Å². The number of nitrogens with zero attached hydrogens (tertiary/aromatic N) is 1. The third-order valence-electron chi connectivity index (χ3n) is 4.74. The lowest BCUT2D eigenvalue weighted by molar-refractivity contribution is -0.142. The Balaban J connectivity index is 1.87. The monoisotopic (exact) mass is 501 g/mol. The van der Waals surface area contributed by atoms with Gasteiger partial charge >= 0.3 is 5.97 Å². The van der Waals surface area contributed by atoms with E-state index in [2.05, 4.69) is 15.9 Å². The zero-order chi connectivity index (χ0) is 21.4. The highest BCUT2D eigenvalue weighted by atomic mass is 79.9. The SMILES string of the molecule is CC1(C)C(C(=O)O)N(S(=O)(=O)c2ccc(Oc3ccc(Br)cc3)cc2)CC[S@@]1=O. The van der Waals surface area contributed by atoms with Crippen LogP contribution in [0, 0.1) is 0 Å². The quantitative estimate of drug-likeness (QED) is 0.674. The van der Waals surface area contributed by atoms with E-state index in [1.54, 1.807) is 12.1 Å². The molecule has 1 saturated heterocycles. The van der Waals surface area contributed by atoms with E-state index in [1.807, 2.05) is 12.1 Å². The molecule has 1 heterocycles. The first-order chi connectivity index (χ1) is 13.5. The molecule has 0 amide bonds. The minimum absolute atomic E-state index is 0.0459. The number of hydrogen-bond acceptors (Lipinski definition) is 5. The number of hydrogen-bond donors (Lipinski definition) is 1. The largest absolute Gasteiger partial charge is 0.480 e. The van der Waals surface area contributed by atoms with Crippen LogP contribution in [0.5, 0.6) is 11.5 Å². The van der Waals surface area contributed by atoms with E-state index in [4.69, 9.17) is 4.74 Å². The van der Waals surface area contributed by atoms with Crippen LogP contribution in [-0.2, 0) is 25.6 Å². The van der Waals surface area contributed by atoms with Gasteiger partial charge < -0.3 is 9.84 Å². The summed E-state index contributed by atoms with van der Waals surface area (Å²) in [5.74, 6) is -0.196. The lowest BCUT2D eigenvalue weighted by Crippen LogP contribution is -2.62. The zero-order valence-electron chi connectivity index (χ0n) is 15.7. The predicted molar refractivity (Wildman–Crippen MR) is 113 cm³/mol. The maximum absolute atomic E-state index is 13.1. The Hall–Kier alpha value is -1.75. The van der Waals surface area contributed by atoms with Gasteiger partial charge in [0.1, 0.15) is 17.5 Å². The summed E-state index contributed by atoms with van der Waals surface area (Å²) < 4.78 is 44.9. The number of benzene rings is 2. The molecule has 0 saturated carbocycles. The standard InChI is InChI=1S/C19H20BrNO6S2/c1-19(2)17(18(22)23)21(11-12-28(19)24)29(25,26)16-9-7-15(8-10-16)27-14-5-3-13(20)4-6-14/h3-10,17H,11-12H2,1-2H3,(H,22,23)/t17?,28-/m0/s1. The Labute approximate surface area is 180 Å². The summed E-state index contributed by atoms with van der Waals surface area (Å²) in [6, 6.07) is 11.5. The minimum atomic E-state index is -4.09. The summed E-state index contributed by atoms with van der Waals surface area (Å²) in [5, 5.41) is 9.64. The summed E-state index contributed by atoms with van der Waals surface area (Å²) in [5.41, 5.74) is 0. The van der Waals surface area contributed by atoms with Crippen molar-refractivity contribution in [1.82, 2.24) is 4.31 Å². The summed E-state index contributed by atoms with van der Waals surface area (Å²) in [6.45, 7) is 2.91. The van der Waals surface area contributed by atoms with Gasteiger partial charge in [0.25, 0.3) is 0 Å². The van der Waals surface area contributed by atoms with Crippen molar-refractivity contribution < 1.29 is 27.3 Å². The molecule has 0 radical (unpaired) electrons. The Kier molecular flexibility index (Phi) is 6.19. The highest BCUT2D eigenvalue weighted by Crippen LogP contribution is 2.33. The molecular formula is C19H20BrNO6S2. The Bertz CT molecular complexity index is 1040. The van der Waals surface area contributed by atoms with Gasteiger partial charge in [-0.3, -0.25) is 9.00 Å². The number of halogens is 1. The molecule has 0 bridgehead atoms. The van der Waals surface area contributed by atoms with Crippen molar-refractivity contribution in [2.24, 2.45) is 0 Å². The number of carbonyl (C=O) groups is 1. The second-order valence-electron chi connectivity index (χ2n) is 7.04. The third-order valence-corrected chi connectivity index (χ3v) is 9.10. The van der Waals surface area contributed by atoms with Crippen molar-refractivity contribution in [3.8, 4) is 11.5 Å². The molecule has 7 nitrogen and oxygen atoms in total. The molecular weight excluding hydrogens is 482 g/mol. The van der Waals surface area contributed by atoms with Crippen LogP contribution < -0.4 is 4.74 Å². The number of ether oxygens (including phenoxy) is 1. The fraction of sp³-hybridized carbons (Fsp3) is 0.316. The molecule has 1 unspecified atom stereocenters. The summed E-state index contributed by atoms with van der Waals surface area (Å²) in [7, 11) is -5.54. The Morgan fingerprint density at radius 2 is 1.66 bits per heavy atom. The molecule has 0 spiro atoms. The van der Waals surface area contributed by atoms with E-state index >= 15 is 0 Å². The van der Waals surface area contributed by atoms with Crippen LogP contribution in [-0.4, -0.2) is 51.1 Å². The van der Waals surface area contributed by atoms with Crippen molar-refractivity contribution in [3.05, 3.63) is 53.0 Å². The molecule has 2 atom stereocenters. The van der Waals surface area contributed by atoms with E-state index in [0.717, 1.165) is 8.78 Å². The van der Waals surface area contributed by atoms with Crippen LogP contribution in [0.2, 0.25) is 0 Å². The fourth-order valence-corrected chi connectivity index (χ4v) is 6.70. The normalized spacial score (nSPS) is 22.2. The van der Waals surface area contributed by atoms with Crippen LogP contribution in [0.1, 0.15) is 13.8 Å². The molecule has 1 aliphatic rings. The van der Waals surface area contributed by atoms with Crippen LogP contribution in [0.4, 0.5) is 0 Å². The van der Waals surface area contributed by atoms with Gasteiger partial charge in [0.15, 0.2) is 0 Å². The molecule has 1 aliphatic heterocycles. The van der Waals surface area contributed by atoms with Crippen LogP contribution in [0.15, 0.2) is 57.9 Å². The molecule has 0 aliphatic carbocycles. The number of carboxylic acid groups (broad SMARTS) is 1. The molecule has 2 aromatic rings. The van der Waals surface area contributed by atoms with Gasteiger partial charge in [-0.1, -0.05) is 15.9 Å². The fourth-order valence-electron chi connectivity index (χ4n) is 3.17. The van der Waals surface area contributed by atoms with Crippen molar-refractivity contribution in [2.45, 2.75) is 29.5 Å². The summed E-state index contributed by atoms with van der Waals surface area (Å²) in [6.07, 6.45) is 0. The summed E-state index contributed by atoms with van der Waals surface area (Å²) >= 11 is 3.34. The van der Waals surface area contributed by atoms with E-state index in [0.29, 0.717) is 11.5 Å². The van der Waals surface area contributed by atoms with Gasteiger partial charge in [-0.2, -0.15) is 4.31 Å². The van der Waals surface area contributed by atoms with Gasteiger partial charge in [0, 0.05) is 27.6 Å². The Morgan fingerprint density at radius 3 is 2.17 bits per heavy atom. The molecule has 1 fully saturated rings. The highest BCUT2D eigenvalue weighted by molar-refractivity contribution is 9.10. The van der Waals surface area contributed by atoms with Gasteiger partial charge in [-0.15, -0.1) is 0 Å². The molecule has 10 heteroatoms. The van der Waals surface area contributed by atoms with Crippen molar-refractivity contribution in [2.75, 3.05) is 12.3 Å². The molecule has 29 heavy (non-hydrogen) atoms.